The molecule has 7 heteroatoms. The Kier molecular flexibility index (Phi) is 14.4. The third kappa shape index (κ3) is 10.7. The first-order valence-electron chi connectivity index (χ1n) is 7.85. The van der Waals surface area contributed by atoms with Crippen molar-refractivity contribution < 1.29 is 4.79 Å². The van der Waals surface area contributed by atoms with Crippen LogP contribution in [-0.2, 0) is 17.6 Å². The molecule has 2 N–H and O–H groups in total. The number of likely N-dealkylation sites (N-methyl/N-ethyl adjacent to an activating group) is 1. The molecule has 0 aliphatic carbocycles. The Morgan fingerprint density at radius 2 is 1.35 bits per heavy atom. The topological polar surface area (TPSA) is 46.3 Å². The number of benzene rings is 2. The van der Waals surface area contributed by atoms with E-state index in [0.29, 0.717) is 6.54 Å². The maximum absolute atomic E-state index is 8.00. The molecule has 26 heavy (non-hydrogen) atoms. The number of nitrogens with two attached hydrogens (primary N) is 1. The SMILES string of the molecule is C=O.CN(C)CCc1ccc(Br)cc1Cl.NCCc1ccc(Br)cc1Cl. The lowest BCUT2D eigenvalue weighted by molar-refractivity contribution is -0.0979. The molecule has 0 bridgehead atoms. The molecule has 0 spiro atoms. The maximum atomic E-state index is 8.00. The Morgan fingerprint density at radius 1 is 0.923 bits per heavy atom. The van der Waals surface area contributed by atoms with Gasteiger partial charge in [-0.05, 0) is 68.9 Å². The van der Waals surface area contributed by atoms with Crippen LogP contribution >= 0.6 is 55.1 Å². The first kappa shape index (κ1) is 25.6. The van der Waals surface area contributed by atoms with Gasteiger partial charge in [-0.2, -0.15) is 0 Å². The molecule has 0 saturated heterocycles. The quantitative estimate of drug-likeness (QED) is 0.549. The lowest BCUT2D eigenvalue weighted by Gasteiger charge is -2.10. The van der Waals surface area contributed by atoms with Gasteiger partial charge in [0, 0.05) is 25.5 Å². The predicted octanol–water partition coefficient (Wildman–Crippen LogP) is 5.63. The van der Waals surface area contributed by atoms with Gasteiger partial charge in [-0.1, -0.05) is 67.2 Å². The van der Waals surface area contributed by atoms with Gasteiger partial charge in [0.15, 0.2) is 0 Å². The van der Waals surface area contributed by atoms with Crippen LogP contribution in [0.1, 0.15) is 11.1 Å². The fourth-order valence-electron chi connectivity index (χ4n) is 1.95. The fraction of sp³-hybridized carbons (Fsp3) is 0.316. The molecule has 0 heterocycles. The van der Waals surface area contributed by atoms with E-state index in [0.717, 1.165) is 43.9 Å². The van der Waals surface area contributed by atoms with Crippen LogP contribution in [0.5, 0.6) is 0 Å². The number of rotatable bonds is 5. The lowest BCUT2D eigenvalue weighted by atomic mass is 10.1. The van der Waals surface area contributed by atoms with Crippen molar-refractivity contribution in [3.63, 3.8) is 0 Å². The maximum Gasteiger partial charge on any atom is 0.106 e. The third-order valence-electron chi connectivity index (χ3n) is 3.27. The molecule has 0 radical (unpaired) electrons. The standard InChI is InChI=1S/C10H13BrClN.C8H9BrClN.CH2O/c1-13(2)6-5-8-3-4-9(11)7-10(8)12;9-7-2-1-6(3-4-11)8(10)5-7;1-2/h3-4,7H,5-6H2,1-2H3;1-2,5H,3-4,11H2;1H2. The minimum Gasteiger partial charge on any atom is -0.330 e. The van der Waals surface area contributed by atoms with E-state index in [9.17, 15) is 0 Å². The molecule has 2 aromatic carbocycles. The lowest BCUT2D eigenvalue weighted by Crippen LogP contribution is -2.15. The Morgan fingerprint density at radius 3 is 1.69 bits per heavy atom. The van der Waals surface area contributed by atoms with Gasteiger partial charge in [-0.25, -0.2) is 0 Å². The van der Waals surface area contributed by atoms with Crippen LogP contribution in [0.25, 0.3) is 0 Å². The Labute approximate surface area is 183 Å². The van der Waals surface area contributed by atoms with Crippen molar-refractivity contribution in [2.24, 2.45) is 5.73 Å². The van der Waals surface area contributed by atoms with E-state index in [2.05, 4.69) is 56.9 Å². The van der Waals surface area contributed by atoms with Gasteiger partial charge >= 0.3 is 0 Å². The van der Waals surface area contributed by atoms with Crippen LogP contribution in [0.15, 0.2) is 45.3 Å². The van der Waals surface area contributed by atoms with E-state index in [1.165, 1.54) is 5.56 Å². The van der Waals surface area contributed by atoms with Gasteiger partial charge in [0.1, 0.15) is 6.79 Å². The summed E-state index contributed by atoms with van der Waals surface area (Å²) in [5, 5.41) is 1.63. The number of nitrogens with zero attached hydrogens (tertiary/aromatic N) is 1. The molecule has 0 saturated carbocycles. The van der Waals surface area contributed by atoms with Gasteiger partial charge in [0.05, 0.1) is 0 Å². The monoisotopic (exact) mass is 524 g/mol. The highest BCUT2D eigenvalue weighted by Gasteiger charge is 2.01. The van der Waals surface area contributed by atoms with E-state index < -0.39 is 0 Å². The molecule has 0 aliphatic heterocycles. The minimum atomic E-state index is 0.640. The molecule has 0 fully saturated rings. The molecule has 0 unspecified atom stereocenters. The predicted molar refractivity (Wildman–Crippen MR) is 120 cm³/mol. The van der Waals surface area contributed by atoms with Crippen LogP contribution in [0.2, 0.25) is 10.0 Å². The summed E-state index contributed by atoms with van der Waals surface area (Å²) in [6.07, 6.45) is 1.84. The van der Waals surface area contributed by atoms with Crippen molar-refractivity contribution >= 4 is 61.9 Å². The molecule has 0 aliphatic rings. The second-order valence-corrected chi connectivity index (χ2v) is 8.21. The van der Waals surface area contributed by atoms with E-state index in [4.69, 9.17) is 33.7 Å². The first-order valence-corrected chi connectivity index (χ1v) is 10.2. The van der Waals surface area contributed by atoms with Crippen LogP contribution in [0, 0.1) is 0 Å². The average Bonchev–Trinajstić information content (AvgIpc) is 2.59. The zero-order valence-corrected chi connectivity index (χ0v) is 19.6. The number of carbonyl (C=O) groups is 1. The Bertz CT molecular complexity index is 670. The molecular formula is C19H24Br2Cl2N2O. The molecule has 0 atom stereocenters. The Balaban J connectivity index is 0.000000444. The summed E-state index contributed by atoms with van der Waals surface area (Å²) in [6, 6.07) is 11.9. The van der Waals surface area contributed by atoms with Crippen molar-refractivity contribution in [3.8, 4) is 0 Å². The molecule has 2 rings (SSSR count). The number of carbonyl (C=O) groups excluding carboxylic acids is 1. The van der Waals surface area contributed by atoms with E-state index >= 15 is 0 Å². The highest BCUT2D eigenvalue weighted by Crippen LogP contribution is 2.22. The van der Waals surface area contributed by atoms with Crippen molar-refractivity contribution in [3.05, 3.63) is 66.5 Å². The third-order valence-corrected chi connectivity index (χ3v) is 4.96. The number of hydrogen-bond donors (Lipinski definition) is 1. The van der Waals surface area contributed by atoms with Crippen LogP contribution in [-0.4, -0.2) is 38.9 Å². The van der Waals surface area contributed by atoms with Crippen LogP contribution < -0.4 is 5.73 Å². The van der Waals surface area contributed by atoms with Crippen molar-refractivity contribution in [1.82, 2.24) is 4.90 Å². The zero-order valence-electron chi connectivity index (χ0n) is 14.9. The van der Waals surface area contributed by atoms with Gasteiger partial charge in [-0.3, -0.25) is 0 Å². The summed E-state index contributed by atoms with van der Waals surface area (Å²) in [6.45, 7) is 3.67. The summed E-state index contributed by atoms with van der Waals surface area (Å²) in [5.41, 5.74) is 7.71. The normalized spacial score (nSPS) is 9.85. The first-order chi connectivity index (χ1) is 12.3. The molecule has 3 nitrogen and oxygen atoms in total. The summed E-state index contributed by atoms with van der Waals surface area (Å²) < 4.78 is 2.04. The summed E-state index contributed by atoms with van der Waals surface area (Å²) in [7, 11) is 4.12. The van der Waals surface area contributed by atoms with Crippen molar-refractivity contribution in [2.45, 2.75) is 12.8 Å². The van der Waals surface area contributed by atoms with E-state index in [-0.39, 0.29) is 0 Å². The largest absolute Gasteiger partial charge is 0.330 e. The second kappa shape index (κ2) is 14.6. The minimum absolute atomic E-state index is 0.640. The summed E-state index contributed by atoms with van der Waals surface area (Å²) in [5.74, 6) is 0. The highest BCUT2D eigenvalue weighted by molar-refractivity contribution is 9.10. The zero-order chi connectivity index (χ0) is 20.1. The van der Waals surface area contributed by atoms with Gasteiger partial charge < -0.3 is 15.4 Å². The van der Waals surface area contributed by atoms with Crippen LogP contribution in [0.3, 0.4) is 0 Å². The summed E-state index contributed by atoms with van der Waals surface area (Å²) in [4.78, 5) is 10.2. The number of hydrogen-bond acceptors (Lipinski definition) is 3. The highest BCUT2D eigenvalue weighted by atomic mass is 79.9. The molecular weight excluding hydrogens is 503 g/mol. The Hall–Kier alpha value is -0.430. The fourth-order valence-corrected chi connectivity index (χ4v) is 3.48. The van der Waals surface area contributed by atoms with E-state index in [1.54, 1.807) is 0 Å². The molecule has 0 aromatic heterocycles. The van der Waals surface area contributed by atoms with Crippen LogP contribution in [0.4, 0.5) is 0 Å². The molecule has 0 amide bonds. The smallest absolute Gasteiger partial charge is 0.106 e. The molecule has 2 aromatic rings. The van der Waals surface area contributed by atoms with Crippen molar-refractivity contribution in [2.75, 3.05) is 27.2 Å². The second-order valence-electron chi connectivity index (χ2n) is 5.56. The van der Waals surface area contributed by atoms with E-state index in [1.807, 2.05) is 37.1 Å². The summed E-state index contributed by atoms with van der Waals surface area (Å²) >= 11 is 18.7. The van der Waals surface area contributed by atoms with Gasteiger partial charge in [-0.15, -0.1) is 0 Å². The number of halogens is 4. The van der Waals surface area contributed by atoms with Crippen molar-refractivity contribution in [1.29, 1.82) is 0 Å². The van der Waals surface area contributed by atoms with Gasteiger partial charge in [0.2, 0.25) is 0 Å². The molecule has 144 valence electrons. The van der Waals surface area contributed by atoms with Gasteiger partial charge in [0.25, 0.3) is 0 Å². The average molecular weight is 527 g/mol.